The van der Waals surface area contributed by atoms with Crippen LogP contribution in [0.25, 0.3) is 0 Å². The number of ether oxygens (including phenoxy) is 1. The molecule has 1 heterocycles. The van der Waals surface area contributed by atoms with Crippen LogP contribution in [0.3, 0.4) is 0 Å². The quantitative estimate of drug-likeness (QED) is 0.438. The molecule has 0 radical (unpaired) electrons. The standard InChI is InChI=1S/C9H15ClN2O5S/c1-18(14,15)17-11-8(10)16-9(13)12-6-4-2-3-5-7-12/h2-7H2,1H3. The summed E-state index contributed by atoms with van der Waals surface area (Å²) >= 11 is 5.43. The molecule has 7 nitrogen and oxygen atoms in total. The lowest BCUT2D eigenvalue weighted by Crippen LogP contribution is -2.33. The van der Waals surface area contributed by atoms with Gasteiger partial charge in [0.15, 0.2) is 0 Å². The summed E-state index contributed by atoms with van der Waals surface area (Å²) < 4.78 is 29.9. The van der Waals surface area contributed by atoms with Crippen molar-refractivity contribution in [3.63, 3.8) is 0 Å². The van der Waals surface area contributed by atoms with Gasteiger partial charge in [0, 0.05) is 13.1 Å². The van der Waals surface area contributed by atoms with E-state index >= 15 is 0 Å². The molecule has 0 saturated carbocycles. The van der Waals surface area contributed by atoms with Crippen LogP contribution in [0.2, 0.25) is 0 Å². The Morgan fingerprint density at radius 3 is 2.28 bits per heavy atom. The Morgan fingerprint density at radius 2 is 1.78 bits per heavy atom. The van der Waals surface area contributed by atoms with Gasteiger partial charge in [-0.2, -0.15) is 8.42 Å². The van der Waals surface area contributed by atoms with E-state index in [1.54, 1.807) is 0 Å². The van der Waals surface area contributed by atoms with E-state index in [2.05, 4.69) is 14.2 Å². The first-order chi connectivity index (χ1) is 8.38. The Bertz CT molecular complexity index is 415. The van der Waals surface area contributed by atoms with E-state index in [1.807, 2.05) is 0 Å². The highest BCUT2D eigenvalue weighted by Gasteiger charge is 2.18. The summed E-state index contributed by atoms with van der Waals surface area (Å²) in [7, 11) is -3.76. The van der Waals surface area contributed by atoms with Gasteiger partial charge in [-0.25, -0.2) is 4.79 Å². The molecule has 1 aliphatic heterocycles. The van der Waals surface area contributed by atoms with Crippen LogP contribution in [0, 0.1) is 0 Å². The van der Waals surface area contributed by atoms with Crippen LogP contribution in [0.15, 0.2) is 5.16 Å². The number of likely N-dealkylation sites (tertiary alicyclic amines) is 1. The van der Waals surface area contributed by atoms with Gasteiger partial charge >= 0.3 is 21.6 Å². The molecule has 0 unspecified atom stereocenters. The second-order valence-electron chi connectivity index (χ2n) is 3.89. The lowest BCUT2D eigenvalue weighted by molar-refractivity contribution is 0.150. The van der Waals surface area contributed by atoms with Crippen molar-refractivity contribution >= 4 is 33.2 Å². The Balaban J connectivity index is 2.47. The summed E-state index contributed by atoms with van der Waals surface area (Å²) in [4.78, 5) is 13.1. The van der Waals surface area contributed by atoms with Crippen molar-refractivity contribution in [1.29, 1.82) is 0 Å². The van der Waals surface area contributed by atoms with E-state index in [1.165, 1.54) is 4.90 Å². The van der Waals surface area contributed by atoms with Crippen molar-refractivity contribution in [1.82, 2.24) is 4.90 Å². The smallest absolute Gasteiger partial charge is 0.378 e. The van der Waals surface area contributed by atoms with Crippen molar-refractivity contribution in [2.75, 3.05) is 19.3 Å². The number of halogens is 1. The zero-order valence-corrected chi connectivity index (χ0v) is 11.5. The second-order valence-corrected chi connectivity index (χ2v) is 5.77. The maximum atomic E-state index is 11.6. The summed E-state index contributed by atoms with van der Waals surface area (Å²) in [5.74, 6) is 0. The van der Waals surface area contributed by atoms with Crippen LogP contribution >= 0.6 is 11.6 Å². The van der Waals surface area contributed by atoms with Gasteiger partial charge in [0.25, 0.3) is 0 Å². The maximum Gasteiger partial charge on any atom is 0.417 e. The molecular weight excluding hydrogens is 284 g/mol. The van der Waals surface area contributed by atoms with Crippen molar-refractivity contribution < 1.29 is 22.2 Å². The predicted octanol–water partition coefficient (Wildman–Crippen LogP) is 1.49. The van der Waals surface area contributed by atoms with Crippen LogP contribution in [0.4, 0.5) is 4.79 Å². The molecule has 0 atom stereocenters. The van der Waals surface area contributed by atoms with Crippen LogP contribution in [-0.2, 0) is 19.1 Å². The topological polar surface area (TPSA) is 85.3 Å². The fourth-order valence-electron chi connectivity index (χ4n) is 1.51. The number of hydrogen-bond acceptors (Lipinski definition) is 6. The summed E-state index contributed by atoms with van der Waals surface area (Å²) in [5, 5.41) is 2.32. The first-order valence-corrected chi connectivity index (χ1v) is 7.67. The minimum absolute atomic E-state index is 0.593. The van der Waals surface area contributed by atoms with Crippen LogP contribution < -0.4 is 0 Å². The van der Waals surface area contributed by atoms with E-state index in [9.17, 15) is 13.2 Å². The SMILES string of the molecule is CS(=O)(=O)ON=C(Cl)OC(=O)N1CCCCCC1. The van der Waals surface area contributed by atoms with Crippen molar-refractivity contribution in [3.8, 4) is 0 Å². The van der Waals surface area contributed by atoms with Crippen molar-refractivity contribution in [2.45, 2.75) is 25.7 Å². The molecule has 0 N–H and O–H groups in total. The highest BCUT2D eigenvalue weighted by atomic mass is 35.5. The van der Waals surface area contributed by atoms with Crippen LogP contribution in [0.5, 0.6) is 0 Å². The maximum absolute atomic E-state index is 11.6. The van der Waals surface area contributed by atoms with E-state index in [4.69, 9.17) is 11.6 Å². The second kappa shape index (κ2) is 6.79. The minimum Gasteiger partial charge on any atom is -0.378 e. The van der Waals surface area contributed by atoms with Gasteiger partial charge in [0.05, 0.1) is 6.26 Å². The molecule has 1 aliphatic rings. The fraction of sp³-hybridized carbons (Fsp3) is 0.778. The number of hydrogen-bond donors (Lipinski definition) is 0. The largest absolute Gasteiger partial charge is 0.417 e. The Hall–Kier alpha value is -1.02. The van der Waals surface area contributed by atoms with E-state index in [-0.39, 0.29) is 0 Å². The molecule has 1 fully saturated rings. The van der Waals surface area contributed by atoms with Gasteiger partial charge in [-0.05, 0) is 29.6 Å². The average Bonchev–Trinajstić information content (AvgIpc) is 2.54. The Labute approximate surface area is 111 Å². The van der Waals surface area contributed by atoms with Gasteiger partial charge in [0.2, 0.25) is 0 Å². The third-order valence-electron chi connectivity index (χ3n) is 2.28. The van der Waals surface area contributed by atoms with Crippen molar-refractivity contribution in [2.24, 2.45) is 5.16 Å². The first-order valence-electron chi connectivity index (χ1n) is 5.47. The highest BCUT2D eigenvalue weighted by molar-refractivity contribution is 7.85. The number of nitrogens with zero attached hydrogens (tertiary/aromatic N) is 2. The molecule has 0 aromatic heterocycles. The summed E-state index contributed by atoms with van der Waals surface area (Å²) in [5.41, 5.74) is 0. The van der Waals surface area contributed by atoms with E-state index in [0.717, 1.165) is 31.9 Å². The highest BCUT2D eigenvalue weighted by Crippen LogP contribution is 2.11. The third kappa shape index (κ3) is 6.06. The lowest BCUT2D eigenvalue weighted by atomic mass is 10.2. The normalized spacial score (nSPS) is 18.1. The number of amides is 1. The summed E-state index contributed by atoms with van der Waals surface area (Å²) in [6.45, 7) is 1.19. The molecule has 0 aromatic carbocycles. The van der Waals surface area contributed by atoms with Crippen molar-refractivity contribution in [3.05, 3.63) is 0 Å². The van der Waals surface area contributed by atoms with E-state index < -0.39 is 21.6 Å². The molecular formula is C9H15ClN2O5S. The van der Waals surface area contributed by atoms with E-state index in [0.29, 0.717) is 13.1 Å². The molecule has 18 heavy (non-hydrogen) atoms. The zero-order valence-electron chi connectivity index (χ0n) is 9.96. The predicted molar refractivity (Wildman–Crippen MR) is 65.7 cm³/mol. The van der Waals surface area contributed by atoms with Crippen LogP contribution in [-0.4, -0.2) is 44.1 Å². The Kier molecular flexibility index (Phi) is 5.67. The molecule has 9 heteroatoms. The number of oxime groups is 1. The third-order valence-corrected chi connectivity index (χ3v) is 2.77. The molecule has 0 aliphatic carbocycles. The lowest BCUT2D eigenvalue weighted by Gasteiger charge is -2.18. The molecule has 1 amide bonds. The fourth-order valence-corrected chi connectivity index (χ4v) is 1.85. The van der Waals surface area contributed by atoms with Gasteiger partial charge in [-0.1, -0.05) is 12.8 Å². The molecule has 1 rings (SSSR count). The molecule has 1 saturated heterocycles. The van der Waals surface area contributed by atoms with Crippen LogP contribution in [0.1, 0.15) is 25.7 Å². The van der Waals surface area contributed by atoms with Gasteiger partial charge in [0.1, 0.15) is 0 Å². The van der Waals surface area contributed by atoms with Gasteiger partial charge < -0.3 is 9.64 Å². The zero-order chi connectivity index (χ0) is 13.6. The number of carbonyl (C=O) groups is 1. The minimum atomic E-state index is -3.76. The monoisotopic (exact) mass is 298 g/mol. The summed E-state index contributed by atoms with van der Waals surface area (Å²) in [6.07, 6.45) is 4.11. The average molecular weight is 299 g/mol. The van der Waals surface area contributed by atoms with Gasteiger partial charge in [-0.15, -0.1) is 0 Å². The summed E-state index contributed by atoms with van der Waals surface area (Å²) in [6, 6.07) is 0. The number of carbonyl (C=O) groups excluding carboxylic acids is 1. The van der Waals surface area contributed by atoms with Gasteiger partial charge in [-0.3, -0.25) is 4.28 Å². The Morgan fingerprint density at radius 1 is 1.22 bits per heavy atom. The molecule has 0 spiro atoms. The number of rotatable bonds is 2. The molecule has 104 valence electrons. The molecule has 0 bridgehead atoms. The molecule has 0 aromatic rings. The first kappa shape index (κ1) is 15.0.